The number of pyridine rings is 2. The standard InChI is InChI=1S/C10H10N4O2S/c11-10-9(2-1-5-13-10)17(15,16)14-8-3-6-12-7-4-8/h1-7H,(H2,11,13)(H,12,14). The van der Waals surface area contributed by atoms with Gasteiger partial charge in [-0.05, 0) is 24.3 Å². The minimum absolute atomic E-state index is 0.0333. The molecule has 0 bridgehead atoms. The van der Waals surface area contributed by atoms with Crippen LogP contribution < -0.4 is 10.5 Å². The molecule has 0 spiro atoms. The number of hydrogen-bond acceptors (Lipinski definition) is 5. The van der Waals surface area contributed by atoms with E-state index in [0.29, 0.717) is 5.69 Å². The predicted octanol–water partition coefficient (Wildman–Crippen LogP) is 0.860. The lowest BCUT2D eigenvalue weighted by molar-refractivity contribution is 0.601. The molecule has 0 atom stereocenters. The van der Waals surface area contributed by atoms with E-state index in [4.69, 9.17) is 5.73 Å². The summed E-state index contributed by atoms with van der Waals surface area (Å²) in [5.74, 6) is -0.0333. The summed E-state index contributed by atoms with van der Waals surface area (Å²) in [5.41, 5.74) is 5.94. The molecular formula is C10H10N4O2S. The molecule has 2 aromatic rings. The van der Waals surface area contributed by atoms with Crippen LogP contribution in [0.5, 0.6) is 0 Å². The molecule has 0 amide bonds. The predicted molar refractivity (Wildman–Crippen MR) is 63.7 cm³/mol. The van der Waals surface area contributed by atoms with Gasteiger partial charge < -0.3 is 5.73 Å². The lowest BCUT2D eigenvalue weighted by atomic mass is 10.4. The second-order valence-corrected chi connectivity index (χ2v) is 4.88. The Labute approximate surface area is 98.6 Å². The minimum Gasteiger partial charge on any atom is -0.383 e. The molecule has 17 heavy (non-hydrogen) atoms. The van der Waals surface area contributed by atoms with Crippen molar-refractivity contribution < 1.29 is 8.42 Å². The number of rotatable bonds is 3. The number of sulfonamides is 1. The van der Waals surface area contributed by atoms with Crippen LogP contribution in [0, 0.1) is 0 Å². The van der Waals surface area contributed by atoms with Crippen LogP contribution in [-0.4, -0.2) is 18.4 Å². The SMILES string of the molecule is Nc1ncccc1S(=O)(=O)Nc1ccncc1. The van der Waals surface area contributed by atoms with Crippen LogP contribution >= 0.6 is 0 Å². The number of aromatic nitrogens is 2. The van der Waals surface area contributed by atoms with Crippen LogP contribution in [-0.2, 0) is 10.0 Å². The summed E-state index contributed by atoms with van der Waals surface area (Å²) >= 11 is 0. The Hall–Kier alpha value is -2.15. The number of nitrogens with one attached hydrogen (secondary N) is 1. The molecule has 6 nitrogen and oxygen atoms in total. The highest BCUT2D eigenvalue weighted by Crippen LogP contribution is 2.18. The van der Waals surface area contributed by atoms with Crippen molar-refractivity contribution in [1.82, 2.24) is 9.97 Å². The van der Waals surface area contributed by atoms with Gasteiger partial charge in [-0.3, -0.25) is 9.71 Å². The fourth-order valence-electron chi connectivity index (χ4n) is 1.26. The number of nitrogen functional groups attached to an aromatic ring is 1. The van der Waals surface area contributed by atoms with Crippen molar-refractivity contribution >= 4 is 21.5 Å². The van der Waals surface area contributed by atoms with Crippen LogP contribution in [0.2, 0.25) is 0 Å². The van der Waals surface area contributed by atoms with Crippen molar-refractivity contribution in [2.45, 2.75) is 4.90 Å². The molecule has 88 valence electrons. The highest BCUT2D eigenvalue weighted by Gasteiger charge is 2.17. The van der Waals surface area contributed by atoms with Gasteiger partial charge in [-0.1, -0.05) is 0 Å². The molecule has 0 radical (unpaired) electrons. The second kappa shape index (κ2) is 4.38. The van der Waals surface area contributed by atoms with E-state index in [2.05, 4.69) is 14.7 Å². The van der Waals surface area contributed by atoms with Crippen molar-refractivity contribution in [3.63, 3.8) is 0 Å². The van der Waals surface area contributed by atoms with Crippen molar-refractivity contribution in [2.24, 2.45) is 0 Å². The zero-order valence-corrected chi connectivity index (χ0v) is 9.55. The number of hydrogen-bond donors (Lipinski definition) is 2. The van der Waals surface area contributed by atoms with E-state index in [1.807, 2.05) is 0 Å². The Morgan fingerprint density at radius 3 is 2.47 bits per heavy atom. The largest absolute Gasteiger partial charge is 0.383 e. The quantitative estimate of drug-likeness (QED) is 0.841. The first-order chi connectivity index (χ1) is 8.09. The topological polar surface area (TPSA) is 98.0 Å². The smallest absolute Gasteiger partial charge is 0.265 e. The maximum absolute atomic E-state index is 12.0. The van der Waals surface area contributed by atoms with E-state index in [9.17, 15) is 8.42 Å². The van der Waals surface area contributed by atoms with Gasteiger partial charge in [-0.2, -0.15) is 0 Å². The average Bonchev–Trinajstić information content (AvgIpc) is 2.30. The van der Waals surface area contributed by atoms with Crippen molar-refractivity contribution in [1.29, 1.82) is 0 Å². The molecule has 2 heterocycles. The summed E-state index contributed by atoms with van der Waals surface area (Å²) in [6.45, 7) is 0. The van der Waals surface area contributed by atoms with Gasteiger partial charge in [0.2, 0.25) is 0 Å². The van der Waals surface area contributed by atoms with Crippen LogP contribution in [0.15, 0.2) is 47.8 Å². The minimum atomic E-state index is -3.71. The fourth-order valence-corrected chi connectivity index (χ4v) is 2.40. The van der Waals surface area contributed by atoms with Gasteiger partial charge in [-0.25, -0.2) is 13.4 Å². The first-order valence-electron chi connectivity index (χ1n) is 4.73. The van der Waals surface area contributed by atoms with Crippen LogP contribution in [0.4, 0.5) is 11.5 Å². The molecular weight excluding hydrogens is 240 g/mol. The Bertz CT molecular complexity index is 613. The maximum atomic E-state index is 12.0. The Morgan fingerprint density at radius 1 is 1.12 bits per heavy atom. The molecule has 0 saturated heterocycles. The molecule has 2 rings (SSSR count). The van der Waals surface area contributed by atoms with E-state index in [1.165, 1.54) is 30.7 Å². The number of nitrogens with two attached hydrogens (primary N) is 1. The molecule has 7 heteroatoms. The van der Waals surface area contributed by atoms with Crippen LogP contribution in [0.3, 0.4) is 0 Å². The normalized spacial score (nSPS) is 11.1. The summed E-state index contributed by atoms with van der Waals surface area (Å²) in [7, 11) is -3.71. The number of nitrogens with zero attached hydrogens (tertiary/aromatic N) is 2. The van der Waals surface area contributed by atoms with Gasteiger partial charge in [0, 0.05) is 18.6 Å². The first-order valence-corrected chi connectivity index (χ1v) is 6.21. The van der Waals surface area contributed by atoms with Gasteiger partial charge in [0.05, 0.1) is 5.69 Å². The van der Waals surface area contributed by atoms with E-state index >= 15 is 0 Å². The molecule has 0 aliphatic heterocycles. The van der Waals surface area contributed by atoms with E-state index in [-0.39, 0.29) is 10.7 Å². The Morgan fingerprint density at radius 2 is 1.82 bits per heavy atom. The van der Waals surface area contributed by atoms with E-state index < -0.39 is 10.0 Å². The van der Waals surface area contributed by atoms with Crippen molar-refractivity contribution in [3.05, 3.63) is 42.9 Å². The highest BCUT2D eigenvalue weighted by molar-refractivity contribution is 7.92. The summed E-state index contributed by atoms with van der Waals surface area (Å²) in [5, 5.41) is 0. The lowest BCUT2D eigenvalue weighted by Gasteiger charge is -2.08. The molecule has 0 fully saturated rings. The van der Waals surface area contributed by atoms with Crippen molar-refractivity contribution in [3.8, 4) is 0 Å². The van der Waals surface area contributed by atoms with E-state index in [0.717, 1.165) is 0 Å². The molecule has 0 saturated carbocycles. The highest BCUT2D eigenvalue weighted by atomic mass is 32.2. The molecule has 0 unspecified atom stereocenters. The zero-order valence-electron chi connectivity index (χ0n) is 8.74. The number of anilines is 2. The van der Waals surface area contributed by atoms with E-state index in [1.54, 1.807) is 12.1 Å². The third-order valence-corrected chi connectivity index (χ3v) is 3.45. The Balaban J connectivity index is 2.36. The lowest BCUT2D eigenvalue weighted by Crippen LogP contribution is -2.15. The summed E-state index contributed by atoms with van der Waals surface area (Å²) in [6, 6.07) is 6.00. The van der Waals surface area contributed by atoms with Gasteiger partial charge in [0.15, 0.2) is 0 Å². The molecule has 2 aromatic heterocycles. The second-order valence-electron chi connectivity index (χ2n) is 3.23. The summed E-state index contributed by atoms with van der Waals surface area (Å²) in [6.07, 6.45) is 4.41. The molecule has 0 aromatic carbocycles. The third kappa shape index (κ3) is 2.51. The summed E-state index contributed by atoms with van der Waals surface area (Å²) < 4.78 is 26.3. The third-order valence-electron chi connectivity index (χ3n) is 2.02. The average molecular weight is 250 g/mol. The van der Waals surface area contributed by atoms with Gasteiger partial charge >= 0.3 is 0 Å². The Kier molecular flexibility index (Phi) is 2.92. The zero-order chi connectivity index (χ0) is 12.3. The summed E-state index contributed by atoms with van der Waals surface area (Å²) in [4.78, 5) is 7.48. The van der Waals surface area contributed by atoms with Gasteiger partial charge in [0.1, 0.15) is 10.7 Å². The monoisotopic (exact) mass is 250 g/mol. The van der Waals surface area contributed by atoms with Crippen LogP contribution in [0.25, 0.3) is 0 Å². The fraction of sp³-hybridized carbons (Fsp3) is 0. The van der Waals surface area contributed by atoms with Gasteiger partial charge in [0.25, 0.3) is 10.0 Å². The molecule has 3 N–H and O–H groups in total. The molecule has 0 aliphatic carbocycles. The van der Waals surface area contributed by atoms with Gasteiger partial charge in [-0.15, -0.1) is 0 Å². The van der Waals surface area contributed by atoms with Crippen LogP contribution in [0.1, 0.15) is 0 Å². The first kappa shape index (κ1) is 11.3. The maximum Gasteiger partial charge on any atom is 0.265 e. The van der Waals surface area contributed by atoms with Crippen molar-refractivity contribution in [2.75, 3.05) is 10.5 Å². The molecule has 0 aliphatic rings.